The highest BCUT2D eigenvalue weighted by Crippen LogP contribution is 2.23. The molecule has 162 valence electrons. The van der Waals surface area contributed by atoms with Gasteiger partial charge in [-0.25, -0.2) is 9.07 Å². The summed E-state index contributed by atoms with van der Waals surface area (Å²) in [4.78, 5) is 26.4. The minimum absolute atomic E-state index is 0.0543. The Bertz CT molecular complexity index is 857. The number of alkyl halides is 1. The number of hydrogen-bond donors (Lipinski definition) is 1. The number of methoxy groups -OCH3 is 2. The van der Waals surface area contributed by atoms with E-state index in [0.717, 1.165) is 5.56 Å². The van der Waals surface area contributed by atoms with Gasteiger partial charge in [-0.1, -0.05) is 17.3 Å². The number of halogens is 1. The average Bonchev–Trinajstić information content (AvgIpc) is 3.35. The van der Waals surface area contributed by atoms with Crippen LogP contribution in [0.4, 0.5) is 4.39 Å². The number of rotatable bonds is 9. The Morgan fingerprint density at radius 3 is 2.73 bits per heavy atom. The number of hydrogen-bond acceptors (Lipinski definition) is 6. The third kappa shape index (κ3) is 5.53. The van der Waals surface area contributed by atoms with E-state index in [1.54, 1.807) is 31.3 Å². The third-order valence-corrected chi connectivity index (χ3v) is 4.96. The first-order valence-corrected chi connectivity index (χ1v) is 9.74. The summed E-state index contributed by atoms with van der Waals surface area (Å²) in [5.41, 5.74) is 0.995. The number of carbonyl (C=O) groups is 2. The molecule has 2 heterocycles. The predicted octanol–water partition coefficient (Wildman–Crippen LogP) is 0.845. The maximum Gasteiger partial charge on any atom is 0.273 e. The largest absolute Gasteiger partial charge is 0.497 e. The highest BCUT2D eigenvalue weighted by Gasteiger charge is 2.35. The molecule has 1 fully saturated rings. The number of nitrogens with one attached hydrogen (secondary N) is 1. The van der Waals surface area contributed by atoms with Crippen LogP contribution in [0.5, 0.6) is 5.75 Å². The zero-order chi connectivity index (χ0) is 21.5. The highest BCUT2D eigenvalue weighted by molar-refractivity contribution is 5.91. The van der Waals surface area contributed by atoms with Gasteiger partial charge in [0, 0.05) is 20.1 Å². The molecule has 3 rings (SSSR count). The summed E-state index contributed by atoms with van der Waals surface area (Å²) in [6.45, 7) is 1.08. The van der Waals surface area contributed by atoms with Crippen molar-refractivity contribution in [2.75, 3.05) is 33.9 Å². The van der Waals surface area contributed by atoms with Crippen molar-refractivity contribution in [2.24, 2.45) is 0 Å². The second-order valence-corrected chi connectivity index (χ2v) is 7.13. The van der Waals surface area contributed by atoms with E-state index in [2.05, 4.69) is 15.6 Å². The zero-order valence-electron chi connectivity index (χ0n) is 17.1. The van der Waals surface area contributed by atoms with Crippen LogP contribution in [0, 0.1) is 0 Å². The van der Waals surface area contributed by atoms with Gasteiger partial charge < -0.3 is 19.7 Å². The van der Waals surface area contributed by atoms with Crippen molar-refractivity contribution in [2.45, 2.75) is 31.6 Å². The summed E-state index contributed by atoms with van der Waals surface area (Å²) in [5, 5.41) is 10.5. The molecule has 1 saturated heterocycles. The quantitative estimate of drug-likeness (QED) is 0.605. The number of likely N-dealkylation sites (tertiary alicyclic amines) is 1. The van der Waals surface area contributed by atoms with Gasteiger partial charge in [-0.05, 0) is 17.7 Å². The maximum absolute atomic E-state index is 14.1. The number of carbonyl (C=O) groups excluding carboxylic acids is 2. The van der Waals surface area contributed by atoms with E-state index in [1.807, 2.05) is 12.1 Å². The van der Waals surface area contributed by atoms with Crippen molar-refractivity contribution in [1.82, 2.24) is 25.2 Å². The molecule has 0 radical (unpaired) electrons. The summed E-state index contributed by atoms with van der Waals surface area (Å²) < 4.78 is 25.6. The van der Waals surface area contributed by atoms with Gasteiger partial charge in [-0.2, -0.15) is 0 Å². The minimum atomic E-state index is -1.09. The molecule has 0 aliphatic carbocycles. The van der Waals surface area contributed by atoms with Crippen molar-refractivity contribution in [1.29, 1.82) is 0 Å². The van der Waals surface area contributed by atoms with Crippen LogP contribution in [0.1, 0.15) is 22.5 Å². The molecule has 30 heavy (non-hydrogen) atoms. The fourth-order valence-electron chi connectivity index (χ4n) is 3.42. The van der Waals surface area contributed by atoms with Crippen molar-refractivity contribution in [3.63, 3.8) is 0 Å². The second-order valence-electron chi connectivity index (χ2n) is 7.13. The number of benzene rings is 1. The van der Waals surface area contributed by atoms with Gasteiger partial charge in [0.25, 0.3) is 5.91 Å². The molecule has 0 saturated carbocycles. The maximum atomic E-state index is 14.1. The van der Waals surface area contributed by atoms with Gasteiger partial charge in [-0.15, -0.1) is 5.10 Å². The molecule has 0 spiro atoms. The van der Waals surface area contributed by atoms with E-state index in [0.29, 0.717) is 18.9 Å². The van der Waals surface area contributed by atoms with Crippen molar-refractivity contribution < 1.29 is 23.5 Å². The average molecular weight is 419 g/mol. The van der Waals surface area contributed by atoms with Crippen LogP contribution in [0.2, 0.25) is 0 Å². The number of amides is 2. The summed E-state index contributed by atoms with van der Waals surface area (Å²) in [6, 6.07) is 6.87. The minimum Gasteiger partial charge on any atom is -0.497 e. The Balaban J connectivity index is 1.60. The van der Waals surface area contributed by atoms with Crippen LogP contribution in [-0.2, 0) is 22.5 Å². The Morgan fingerprint density at radius 1 is 1.27 bits per heavy atom. The Kier molecular flexibility index (Phi) is 7.34. The lowest BCUT2D eigenvalue weighted by atomic mass is 10.1. The molecular weight excluding hydrogens is 393 g/mol. The first kappa shape index (κ1) is 21.7. The Morgan fingerprint density at radius 2 is 2.03 bits per heavy atom. The topological polar surface area (TPSA) is 98.6 Å². The second kappa shape index (κ2) is 10.1. The van der Waals surface area contributed by atoms with Crippen LogP contribution in [0.3, 0.4) is 0 Å². The lowest BCUT2D eigenvalue weighted by Crippen LogP contribution is -2.39. The van der Waals surface area contributed by atoms with E-state index < -0.39 is 6.17 Å². The first-order valence-electron chi connectivity index (χ1n) is 9.74. The summed E-state index contributed by atoms with van der Waals surface area (Å²) >= 11 is 0. The fraction of sp³-hybridized carbons (Fsp3) is 0.500. The van der Waals surface area contributed by atoms with Crippen LogP contribution >= 0.6 is 0 Å². The highest BCUT2D eigenvalue weighted by atomic mass is 19.1. The van der Waals surface area contributed by atoms with E-state index in [1.165, 1.54) is 10.9 Å². The molecule has 2 amide bonds. The SMILES string of the molecule is COCCNC(=O)c1cn(C[C@@H]2C[C@H](F)CN2C(=O)Cc2ccc(OC)cc2)nn1. The molecule has 0 bridgehead atoms. The molecule has 1 aromatic heterocycles. The van der Waals surface area contributed by atoms with Gasteiger partial charge in [0.15, 0.2) is 5.69 Å². The van der Waals surface area contributed by atoms with Crippen molar-refractivity contribution >= 4 is 11.8 Å². The van der Waals surface area contributed by atoms with Gasteiger partial charge in [0.05, 0.1) is 45.5 Å². The van der Waals surface area contributed by atoms with Gasteiger partial charge in [0.2, 0.25) is 5.91 Å². The van der Waals surface area contributed by atoms with Gasteiger partial charge in [0.1, 0.15) is 11.9 Å². The lowest BCUT2D eigenvalue weighted by Gasteiger charge is -2.24. The normalized spacial score (nSPS) is 18.4. The molecule has 1 aliphatic heterocycles. The standard InChI is InChI=1S/C20H26FN5O4/c1-29-8-7-22-20(28)18-13-25(24-23-18)12-16-10-15(21)11-26(16)19(27)9-14-3-5-17(30-2)6-4-14/h3-6,13,15-16H,7-12H2,1-2H3,(H,22,28)/t15-,16-/m0/s1. The molecule has 1 aromatic carbocycles. The van der Waals surface area contributed by atoms with Crippen molar-refractivity contribution in [3.05, 3.63) is 41.7 Å². The molecule has 0 unspecified atom stereocenters. The van der Waals surface area contributed by atoms with E-state index >= 15 is 0 Å². The zero-order valence-corrected chi connectivity index (χ0v) is 17.1. The third-order valence-electron chi connectivity index (χ3n) is 4.96. The predicted molar refractivity (Wildman–Crippen MR) is 106 cm³/mol. The van der Waals surface area contributed by atoms with Gasteiger partial charge in [-0.3, -0.25) is 9.59 Å². The molecule has 9 nitrogen and oxygen atoms in total. The summed E-state index contributed by atoms with van der Waals surface area (Å²) in [6.07, 6.45) is 0.816. The van der Waals surface area contributed by atoms with Crippen LogP contribution < -0.4 is 10.1 Å². The van der Waals surface area contributed by atoms with Crippen LogP contribution in [0.25, 0.3) is 0 Å². The van der Waals surface area contributed by atoms with E-state index in [9.17, 15) is 14.0 Å². The smallest absolute Gasteiger partial charge is 0.273 e. The Hall–Kier alpha value is -3.01. The summed E-state index contributed by atoms with van der Waals surface area (Å²) in [5.74, 6) is 0.200. The Labute approximate surface area is 174 Å². The fourth-order valence-corrected chi connectivity index (χ4v) is 3.42. The van der Waals surface area contributed by atoms with E-state index in [-0.39, 0.29) is 49.5 Å². The number of aromatic nitrogens is 3. The van der Waals surface area contributed by atoms with Gasteiger partial charge >= 0.3 is 0 Å². The molecule has 1 aliphatic rings. The molecule has 1 N–H and O–H groups in total. The monoisotopic (exact) mass is 419 g/mol. The van der Waals surface area contributed by atoms with Crippen LogP contribution in [-0.4, -0.2) is 77.8 Å². The molecule has 2 atom stereocenters. The number of ether oxygens (including phenoxy) is 2. The lowest BCUT2D eigenvalue weighted by molar-refractivity contribution is -0.131. The van der Waals surface area contributed by atoms with Crippen molar-refractivity contribution in [3.8, 4) is 5.75 Å². The van der Waals surface area contributed by atoms with Crippen LogP contribution in [0.15, 0.2) is 30.5 Å². The van der Waals surface area contributed by atoms with E-state index in [4.69, 9.17) is 9.47 Å². The molecule has 10 heteroatoms. The molecule has 2 aromatic rings. The molecular formula is C20H26FN5O4. The first-order chi connectivity index (χ1) is 14.5. The summed E-state index contributed by atoms with van der Waals surface area (Å²) in [7, 11) is 3.12. The number of nitrogens with zero attached hydrogens (tertiary/aromatic N) is 4.